The van der Waals surface area contributed by atoms with E-state index in [9.17, 15) is 0 Å². The van der Waals surface area contributed by atoms with Gasteiger partial charge >= 0.3 is 0 Å². The summed E-state index contributed by atoms with van der Waals surface area (Å²) in [5.41, 5.74) is 5.20. The maximum absolute atomic E-state index is 7.03. The second-order valence-corrected chi connectivity index (χ2v) is 3.95. The highest BCUT2D eigenvalue weighted by atomic mass is 32.8. The van der Waals surface area contributed by atoms with Crippen LogP contribution in [-0.4, -0.2) is 5.84 Å². The molecule has 0 amide bonds. The van der Waals surface area contributed by atoms with Gasteiger partial charge in [-0.1, -0.05) is 15.5 Å². The summed E-state index contributed by atoms with van der Waals surface area (Å²) in [6.45, 7) is 0. The van der Waals surface area contributed by atoms with Crippen LogP contribution in [0.25, 0.3) is 0 Å². The van der Waals surface area contributed by atoms with E-state index in [4.69, 9.17) is 22.3 Å². The fourth-order valence-corrected chi connectivity index (χ4v) is 1.96. The Labute approximate surface area is 60.5 Å². The molecule has 0 spiro atoms. The summed E-state index contributed by atoms with van der Waals surface area (Å²) >= 11 is 4.95. The van der Waals surface area contributed by atoms with Crippen LogP contribution in [0, 0.1) is 5.41 Å². The van der Waals surface area contributed by atoms with Gasteiger partial charge in [0.05, 0.1) is 4.91 Å². The third-order valence-corrected chi connectivity index (χ3v) is 3.00. The lowest BCUT2D eigenvalue weighted by Gasteiger charge is -1.96. The molecule has 0 saturated carbocycles. The normalized spacial score (nSPS) is 24.0. The minimum absolute atomic E-state index is 0.0957. The lowest BCUT2D eigenvalue weighted by Crippen LogP contribution is -2.13. The molecular weight excluding hydrogens is 152 g/mol. The second-order valence-electron chi connectivity index (χ2n) is 1.57. The molecule has 1 unspecified atom stereocenters. The lowest BCUT2D eigenvalue weighted by molar-refractivity contribution is 1.46. The zero-order chi connectivity index (χ0) is 6.85. The zero-order valence-corrected chi connectivity index (χ0v) is 6.26. The number of hydrogen-bond acceptors (Lipinski definition) is 2. The molecule has 4 heteroatoms. The second kappa shape index (κ2) is 2.41. The van der Waals surface area contributed by atoms with Gasteiger partial charge in [0.2, 0.25) is 0 Å². The molecule has 1 rings (SSSR count). The van der Waals surface area contributed by atoms with Gasteiger partial charge in [0.1, 0.15) is 5.84 Å². The molecule has 2 nitrogen and oxygen atoms in total. The lowest BCUT2D eigenvalue weighted by atomic mass is 10.5. The molecule has 1 heterocycles. The molecule has 48 valence electrons. The molecule has 1 aliphatic heterocycles. The first-order chi connectivity index (χ1) is 4.22. The van der Waals surface area contributed by atoms with Crippen molar-refractivity contribution in [1.29, 1.82) is 5.41 Å². The van der Waals surface area contributed by atoms with E-state index >= 15 is 0 Å². The number of rotatable bonds is 1. The van der Waals surface area contributed by atoms with Crippen LogP contribution in [0.4, 0.5) is 0 Å². The molecule has 9 heavy (non-hydrogen) atoms. The number of allylic oxidation sites excluding steroid dienone is 2. The summed E-state index contributed by atoms with van der Waals surface area (Å²) in [4.78, 5) is 0.769. The van der Waals surface area contributed by atoms with Crippen molar-refractivity contribution in [2.45, 2.75) is 0 Å². The van der Waals surface area contributed by atoms with E-state index in [2.05, 4.69) is 0 Å². The van der Waals surface area contributed by atoms with Crippen molar-refractivity contribution in [2.24, 2.45) is 5.73 Å². The predicted octanol–water partition coefficient (Wildman–Crippen LogP) is 0.414. The van der Waals surface area contributed by atoms with Gasteiger partial charge in [-0.2, -0.15) is 0 Å². The Kier molecular flexibility index (Phi) is 1.78. The van der Waals surface area contributed by atoms with Gasteiger partial charge in [0.15, 0.2) is 0 Å². The van der Waals surface area contributed by atoms with Gasteiger partial charge in [0.25, 0.3) is 0 Å². The molecule has 1 atom stereocenters. The Morgan fingerprint density at radius 3 is 2.67 bits per heavy atom. The number of nitrogens with one attached hydrogen (secondary N) is 1. The molecule has 0 saturated heterocycles. The summed E-state index contributed by atoms with van der Waals surface area (Å²) in [7, 11) is -0.326. The highest BCUT2D eigenvalue weighted by molar-refractivity contribution is 8.33. The van der Waals surface area contributed by atoms with E-state index in [-0.39, 0.29) is 15.3 Å². The average Bonchev–Trinajstić information content (AvgIpc) is 2.13. The monoisotopic (exact) mass is 158 g/mol. The van der Waals surface area contributed by atoms with Crippen LogP contribution in [0.15, 0.2) is 22.5 Å². The molecule has 0 bridgehead atoms. The van der Waals surface area contributed by atoms with Crippen LogP contribution in [0.5, 0.6) is 0 Å². The molecule has 0 aliphatic carbocycles. The third kappa shape index (κ3) is 1.25. The quantitative estimate of drug-likeness (QED) is 0.429. The van der Waals surface area contributed by atoms with Crippen LogP contribution in [0.3, 0.4) is 0 Å². The first-order valence-corrected chi connectivity index (χ1v) is 4.56. The topological polar surface area (TPSA) is 49.9 Å². The molecule has 0 aromatic heterocycles. The van der Waals surface area contributed by atoms with Crippen molar-refractivity contribution in [3.63, 3.8) is 0 Å². The van der Waals surface area contributed by atoms with Crippen LogP contribution in [0.2, 0.25) is 0 Å². The first kappa shape index (κ1) is 6.64. The van der Waals surface area contributed by atoms with Gasteiger partial charge < -0.3 is 5.73 Å². The molecular formula is C5H6N2S2. The molecule has 0 aromatic rings. The van der Waals surface area contributed by atoms with Crippen molar-refractivity contribution in [3.05, 3.63) is 22.5 Å². The summed E-state index contributed by atoms with van der Waals surface area (Å²) in [6, 6.07) is 0. The standard InChI is InChI=1S/C5H6N2S2/c6-5(7)4-2-1-3-9(4)8/h1-3H,(H3,6,7). The molecule has 0 radical (unpaired) electrons. The Balaban J connectivity index is 2.88. The Bertz CT molecular complexity index is 227. The van der Waals surface area contributed by atoms with Crippen molar-refractivity contribution < 1.29 is 0 Å². The van der Waals surface area contributed by atoms with Crippen molar-refractivity contribution in [3.8, 4) is 0 Å². The molecule has 1 aliphatic rings. The van der Waals surface area contributed by atoms with E-state index in [0.717, 1.165) is 4.91 Å². The van der Waals surface area contributed by atoms with Crippen LogP contribution < -0.4 is 5.73 Å². The molecule has 0 aromatic carbocycles. The van der Waals surface area contributed by atoms with E-state index in [0.29, 0.717) is 0 Å². The number of amidine groups is 1. The minimum atomic E-state index is -0.326. The van der Waals surface area contributed by atoms with Gasteiger partial charge in [-0.05, 0) is 22.7 Å². The summed E-state index contributed by atoms with van der Waals surface area (Å²) in [5.74, 6) is 0.0957. The van der Waals surface area contributed by atoms with Crippen LogP contribution >= 0.6 is 0 Å². The zero-order valence-electron chi connectivity index (χ0n) is 4.63. The maximum atomic E-state index is 7.03. The Hall–Kier alpha value is -0.480. The third-order valence-electron chi connectivity index (χ3n) is 0.932. The summed E-state index contributed by atoms with van der Waals surface area (Å²) in [6.07, 6.45) is 3.63. The number of hydrogen-bond donors (Lipinski definition) is 2. The first-order valence-electron chi connectivity index (χ1n) is 2.35. The largest absolute Gasteiger partial charge is 0.383 e. The average molecular weight is 158 g/mol. The van der Waals surface area contributed by atoms with Crippen molar-refractivity contribution >= 4 is 26.5 Å². The van der Waals surface area contributed by atoms with E-state index in [1.807, 2.05) is 11.5 Å². The van der Waals surface area contributed by atoms with Gasteiger partial charge in [0, 0.05) is 0 Å². The molecule has 0 fully saturated rings. The summed E-state index contributed by atoms with van der Waals surface area (Å²) in [5, 5.41) is 8.90. The minimum Gasteiger partial charge on any atom is -0.383 e. The summed E-state index contributed by atoms with van der Waals surface area (Å²) < 4.78 is 0. The van der Waals surface area contributed by atoms with Gasteiger partial charge in [-0.25, -0.2) is 0 Å². The molecule has 3 N–H and O–H groups in total. The van der Waals surface area contributed by atoms with Gasteiger partial charge in [-0.3, -0.25) is 5.41 Å². The van der Waals surface area contributed by atoms with E-state index in [1.165, 1.54) is 0 Å². The number of nitrogens with two attached hydrogens (primary N) is 1. The van der Waals surface area contributed by atoms with Crippen LogP contribution in [-0.2, 0) is 20.6 Å². The van der Waals surface area contributed by atoms with E-state index in [1.54, 1.807) is 6.08 Å². The van der Waals surface area contributed by atoms with Crippen molar-refractivity contribution in [2.75, 3.05) is 0 Å². The highest BCUT2D eigenvalue weighted by Crippen LogP contribution is 2.10. The van der Waals surface area contributed by atoms with Crippen LogP contribution in [0.1, 0.15) is 0 Å². The van der Waals surface area contributed by atoms with Crippen molar-refractivity contribution in [1.82, 2.24) is 0 Å². The fraction of sp³-hybridized carbons (Fsp3) is 0. The van der Waals surface area contributed by atoms with E-state index < -0.39 is 0 Å². The Morgan fingerprint density at radius 1 is 1.78 bits per heavy atom. The fourth-order valence-electron chi connectivity index (χ4n) is 0.537. The SMILES string of the molecule is N=C(N)C1=CC=CS1=S. The predicted molar refractivity (Wildman–Crippen MR) is 43.9 cm³/mol. The maximum Gasteiger partial charge on any atom is 0.129 e. The highest BCUT2D eigenvalue weighted by Gasteiger charge is 2.05. The smallest absolute Gasteiger partial charge is 0.129 e. The van der Waals surface area contributed by atoms with Gasteiger partial charge in [-0.15, -0.1) is 0 Å². The Morgan fingerprint density at radius 2 is 2.44 bits per heavy atom.